The molecule has 2 aromatic heterocycles. The lowest BCUT2D eigenvalue weighted by molar-refractivity contribution is 0.0956. The van der Waals surface area contributed by atoms with Crippen molar-refractivity contribution in [3.63, 3.8) is 0 Å². The fraction of sp³-hybridized carbons (Fsp3) is 0.273. The SMILES string of the molecule is C[C@H]1CCCC/C1=N/NC(=O)c1cc(-c2cccnc2)nc2ccccc12. The molecule has 0 saturated heterocycles. The highest BCUT2D eigenvalue weighted by molar-refractivity contribution is 6.07. The molecule has 1 saturated carbocycles. The number of hydrogen-bond acceptors (Lipinski definition) is 4. The van der Waals surface area contributed by atoms with Gasteiger partial charge in [0.2, 0.25) is 0 Å². The van der Waals surface area contributed by atoms with Crippen molar-refractivity contribution in [2.45, 2.75) is 32.6 Å². The van der Waals surface area contributed by atoms with Crippen molar-refractivity contribution in [2.75, 3.05) is 0 Å². The predicted octanol–water partition coefficient (Wildman–Crippen LogP) is 4.59. The maximum absolute atomic E-state index is 12.9. The van der Waals surface area contributed by atoms with Gasteiger partial charge in [-0.2, -0.15) is 5.10 Å². The molecule has 4 rings (SSSR count). The van der Waals surface area contributed by atoms with Crippen LogP contribution in [0.2, 0.25) is 0 Å². The van der Waals surface area contributed by atoms with E-state index >= 15 is 0 Å². The van der Waals surface area contributed by atoms with E-state index in [1.54, 1.807) is 12.4 Å². The molecule has 0 bridgehead atoms. The molecule has 1 aromatic carbocycles. The standard InChI is InChI=1S/C22H22N4O/c1-15-7-2-4-10-19(15)25-26-22(27)18-13-21(16-8-6-12-23-14-16)24-20-11-5-3-9-17(18)20/h3,5-6,8-9,11-15H,2,4,7,10H2,1H3,(H,26,27)/b25-19-/t15-/m0/s1. The van der Waals surface area contributed by atoms with Crippen LogP contribution in [0, 0.1) is 5.92 Å². The van der Waals surface area contributed by atoms with E-state index in [-0.39, 0.29) is 5.91 Å². The van der Waals surface area contributed by atoms with Crippen LogP contribution in [0.25, 0.3) is 22.2 Å². The van der Waals surface area contributed by atoms with Gasteiger partial charge in [-0.1, -0.05) is 31.5 Å². The quantitative estimate of drug-likeness (QED) is 0.696. The molecule has 3 aromatic rings. The van der Waals surface area contributed by atoms with Gasteiger partial charge in [-0.3, -0.25) is 9.78 Å². The van der Waals surface area contributed by atoms with Crippen molar-refractivity contribution in [2.24, 2.45) is 11.0 Å². The minimum Gasteiger partial charge on any atom is -0.267 e. The number of rotatable bonds is 3. The highest BCUT2D eigenvalue weighted by atomic mass is 16.2. The van der Waals surface area contributed by atoms with Crippen molar-refractivity contribution in [3.8, 4) is 11.3 Å². The van der Waals surface area contributed by atoms with Crippen molar-refractivity contribution < 1.29 is 4.79 Å². The van der Waals surface area contributed by atoms with Gasteiger partial charge in [-0.15, -0.1) is 0 Å². The molecule has 0 spiro atoms. The molecule has 1 aliphatic rings. The van der Waals surface area contributed by atoms with Gasteiger partial charge in [0.15, 0.2) is 0 Å². The second-order valence-corrected chi connectivity index (χ2v) is 7.00. The monoisotopic (exact) mass is 358 g/mol. The zero-order valence-corrected chi connectivity index (χ0v) is 15.4. The third-order valence-corrected chi connectivity index (χ3v) is 5.11. The minimum absolute atomic E-state index is 0.205. The number of hydrazone groups is 1. The highest BCUT2D eigenvalue weighted by Crippen LogP contribution is 2.25. The maximum atomic E-state index is 12.9. The van der Waals surface area contributed by atoms with Gasteiger partial charge < -0.3 is 0 Å². The number of para-hydroxylation sites is 1. The first kappa shape index (κ1) is 17.3. The number of hydrogen-bond donors (Lipinski definition) is 1. The third kappa shape index (κ3) is 3.72. The van der Waals surface area contributed by atoms with Gasteiger partial charge in [0.05, 0.1) is 16.8 Å². The molecule has 0 aliphatic heterocycles. The van der Waals surface area contributed by atoms with E-state index in [0.717, 1.165) is 47.1 Å². The molecule has 1 fully saturated rings. The summed E-state index contributed by atoms with van der Waals surface area (Å²) in [6.45, 7) is 2.17. The summed E-state index contributed by atoms with van der Waals surface area (Å²) in [6.07, 6.45) is 7.94. The van der Waals surface area contributed by atoms with Crippen LogP contribution in [0.5, 0.6) is 0 Å². The summed E-state index contributed by atoms with van der Waals surface area (Å²) in [5, 5.41) is 5.25. The van der Waals surface area contributed by atoms with Crippen LogP contribution in [0.4, 0.5) is 0 Å². The fourth-order valence-electron chi connectivity index (χ4n) is 3.54. The van der Waals surface area contributed by atoms with Crippen molar-refractivity contribution in [1.82, 2.24) is 15.4 Å². The Bertz CT molecular complexity index is 998. The Hall–Kier alpha value is -3.08. The number of carbonyl (C=O) groups excluding carboxylic acids is 1. The number of aromatic nitrogens is 2. The van der Waals surface area contributed by atoms with Gasteiger partial charge in [-0.25, -0.2) is 10.4 Å². The van der Waals surface area contributed by atoms with E-state index in [0.29, 0.717) is 11.5 Å². The zero-order chi connectivity index (χ0) is 18.6. The molecule has 1 N–H and O–H groups in total. The van der Waals surface area contributed by atoms with Crippen molar-refractivity contribution in [3.05, 3.63) is 60.4 Å². The Morgan fingerprint density at radius 2 is 2.07 bits per heavy atom. The second kappa shape index (κ2) is 7.66. The topological polar surface area (TPSA) is 67.2 Å². The summed E-state index contributed by atoms with van der Waals surface area (Å²) in [5.41, 5.74) is 6.82. The van der Waals surface area contributed by atoms with Gasteiger partial charge in [-0.05, 0) is 49.4 Å². The average Bonchev–Trinajstić information content (AvgIpc) is 2.73. The summed E-state index contributed by atoms with van der Waals surface area (Å²) >= 11 is 0. The first-order chi connectivity index (χ1) is 13.2. The van der Waals surface area contributed by atoms with E-state index in [1.165, 1.54) is 6.42 Å². The van der Waals surface area contributed by atoms with Crippen LogP contribution >= 0.6 is 0 Å². The molecular formula is C22H22N4O. The smallest absolute Gasteiger partial charge is 0.267 e. The predicted molar refractivity (Wildman–Crippen MR) is 108 cm³/mol. The zero-order valence-electron chi connectivity index (χ0n) is 15.4. The Morgan fingerprint density at radius 3 is 2.89 bits per heavy atom. The first-order valence-electron chi connectivity index (χ1n) is 9.39. The van der Waals surface area contributed by atoms with E-state index in [2.05, 4.69) is 22.4 Å². The van der Waals surface area contributed by atoms with Crippen molar-refractivity contribution >= 4 is 22.5 Å². The lowest BCUT2D eigenvalue weighted by Gasteiger charge is -2.19. The number of nitrogens with one attached hydrogen (secondary N) is 1. The Balaban J connectivity index is 1.71. The molecule has 5 nitrogen and oxygen atoms in total. The molecule has 27 heavy (non-hydrogen) atoms. The molecule has 1 amide bonds. The van der Waals surface area contributed by atoms with E-state index < -0.39 is 0 Å². The average molecular weight is 358 g/mol. The second-order valence-electron chi connectivity index (χ2n) is 7.00. The van der Waals surface area contributed by atoms with Crippen LogP contribution in [0.3, 0.4) is 0 Å². The minimum atomic E-state index is -0.205. The maximum Gasteiger partial charge on any atom is 0.272 e. The van der Waals surface area contributed by atoms with Crippen LogP contribution in [-0.2, 0) is 0 Å². The number of benzene rings is 1. The number of fused-ring (bicyclic) bond motifs is 1. The molecule has 5 heteroatoms. The van der Waals surface area contributed by atoms with Gasteiger partial charge in [0.1, 0.15) is 0 Å². The first-order valence-corrected chi connectivity index (χ1v) is 9.39. The molecule has 0 radical (unpaired) electrons. The number of pyridine rings is 2. The molecule has 0 unspecified atom stereocenters. The van der Waals surface area contributed by atoms with Crippen LogP contribution < -0.4 is 5.43 Å². The molecule has 136 valence electrons. The van der Waals surface area contributed by atoms with E-state index in [9.17, 15) is 4.79 Å². The summed E-state index contributed by atoms with van der Waals surface area (Å²) in [7, 11) is 0. The summed E-state index contributed by atoms with van der Waals surface area (Å²) in [4.78, 5) is 21.8. The summed E-state index contributed by atoms with van der Waals surface area (Å²) < 4.78 is 0. The Kier molecular flexibility index (Phi) is 4.92. The van der Waals surface area contributed by atoms with E-state index in [1.807, 2.05) is 42.5 Å². The Labute approximate surface area is 158 Å². The largest absolute Gasteiger partial charge is 0.272 e. The summed E-state index contributed by atoms with van der Waals surface area (Å²) in [5.74, 6) is 0.225. The number of nitrogens with zero attached hydrogens (tertiary/aromatic N) is 3. The summed E-state index contributed by atoms with van der Waals surface area (Å²) in [6, 6.07) is 13.3. The van der Waals surface area contributed by atoms with Crippen molar-refractivity contribution in [1.29, 1.82) is 0 Å². The van der Waals surface area contributed by atoms with Crippen LogP contribution in [0.1, 0.15) is 43.0 Å². The fourth-order valence-corrected chi connectivity index (χ4v) is 3.54. The molecule has 1 aliphatic carbocycles. The molecule has 1 atom stereocenters. The normalized spacial score (nSPS) is 18.6. The van der Waals surface area contributed by atoms with Crippen LogP contribution in [-0.4, -0.2) is 21.6 Å². The lowest BCUT2D eigenvalue weighted by Crippen LogP contribution is -2.24. The van der Waals surface area contributed by atoms with Gasteiger partial charge >= 0.3 is 0 Å². The third-order valence-electron chi connectivity index (χ3n) is 5.11. The molecular weight excluding hydrogens is 336 g/mol. The highest BCUT2D eigenvalue weighted by Gasteiger charge is 2.18. The lowest BCUT2D eigenvalue weighted by atomic mass is 9.89. The number of carbonyl (C=O) groups is 1. The Morgan fingerprint density at radius 1 is 1.19 bits per heavy atom. The van der Waals surface area contributed by atoms with Crippen LogP contribution in [0.15, 0.2) is 60.0 Å². The number of amides is 1. The molecule has 2 heterocycles. The van der Waals surface area contributed by atoms with E-state index in [4.69, 9.17) is 4.98 Å². The van der Waals surface area contributed by atoms with Gasteiger partial charge in [0, 0.05) is 29.1 Å². The van der Waals surface area contributed by atoms with Gasteiger partial charge in [0.25, 0.3) is 5.91 Å².